The average Bonchev–Trinajstić information content (AvgIpc) is 2.26. The van der Waals surface area contributed by atoms with Crippen LogP contribution in [0, 0.1) is 0 Å². The number of rotatable bonds is 2. The molecule has 0 aromatic heterocycles. The van der Waals surface area contributed by atoms with Crippen LogP contribution < -0.4 is 5.32 Å². The van der Waals surface area contributed by atoms with Crippen LogP contribution in [0.2, 0.25) is 0 Å². The van der Waals surface area contributed by atoms with E-state index in [2.05, 4.69) is 32.2 Å². The fraction of sp³-hybridized carbons (Fsp3) is 0.833. The third-order valence-corrected chi connectivity index (χ3v) is 2.48. The fourth-order valence-corrected chi connectivity index (χ4v) is 1.62. The molecule has 13 heavy (non-hydrogen) atoms. The molecule has 0 aromatic carbocycles. The van der Waals surface area contributed by atoms with Crippen LogP contribution >= 0.6 is 0 Å². The molecule has 0 saturated heterocycles. The van der Waals surface area contributed by atoms with E-state index >= 15 is 0 Å². The molecule has 0 radical (unpaired) electrons. The Labute approximate surface area is 82.6 Å². The van der Waals surface area contributed by atoms with Gasteiger partial charge in [-0.25, -0.2) is 0 Å². The highest BCUT2D eigenvalue weighted by atomic mass is 14.9. The summed E-state index contributed by atoms with van der Waals surface area (Å²) in [4.78, 5) is 0. The zero-order valence-electron chi connectivity index (χ0n) is 9.32. The minimum Gasteiger partial charge on any atom is -0.308 e. The molecule has 0 unspecified atom stereocenters. The number of allylic oxidation sites excluding steroid dienone is 1. The van der Waals surface area contributed by atoms with Crippen LogP contribution in [0.4, 0.5) is 0 Å². The first-order valence-corrected chi connectivity index (χ1v) is 5.51. The van der Waals surface area contributed by atoms with Gasteiger partial charge in [0.1, 0.15) is 0 Å². The van der Waals surface area contributed by atoms with Gasteiger partial charge in [-0.1, -0.05) is 18.1 Å². The van der Waals surface area contributed by atoms with Crippen molar-refractivity contribution in [2.45, 2.75) is 58.4 Å². The summed E-state index contributed by atoms with van der Waals surface area (Å²) in [7, 11) is 0. The van der Waals surface area contributed by atoms with Crippen molar-refractivity contribution >= 4 is 0 Å². The van der Waals surface area contributed by atoms with Gasteiger partial charge in [0.2, 0.25) is 0 Å². The molecular weight excluding hydrogens is 158 g/mol. The molecule has 0 aromatic rings. The number of nitrogens with one attached hydrogen (secondary N) is 1. The summed E-state index contributed by atoms with van der Waals surface area (Å²) in [5.74, 6) is 0. The van der Waals surface area contributed by atoms with Gasteiger partial charge in [0.15, 0.2) is 0 Å². The third kappa shape index (κ3) is 5.09. The summed E-state index contributed by atoms with van der Waals surface area (Å²) in [5, 5.41) is 3.55. The summed E-state index contributed by atoms with van der Waals surface area (Å²) >= 11 is 0. The molecule has 0 atom stereocenters. The van der Waals surface area contributed by atoms with Crippen molar-refractivity contribution in [2.75, 3.05) is 6.54 Å². The van der Waals surface area contributed by atoms with E-state index in [0.717, 1.165) is 6.54 Å². The smallest absolute Gasteiger partial charge is 0.0169 e. The first kappa shape index (κ1) is 10.8. The molecule has 1 N–H and O–H groups in total. The molecule has 1 heteroatoms. The molecular formula is C12H23N. The zero-order chi connectivity index (χ0) is 9.73. The first-order chi connectivity index (χ1) is 6.08. The fourth-order valence-electron chi connectivity index (χ4n) is 1.62. The Kier molecular flexibility index (Phi) is 3.98. The monoisotopic (exact) mass is 181 g/mol. The molecule has 1 aliphatic carbocycles. The lowest BCUT2D eigenvalue weighted by Crippen LogP contribution is -2.37. The lowest BCUT2D eigenvalue weighted by Gasteiger charge is -2.21. The van der Waals surface area contributed by atoms with Crippen LogP contribution in [0.5, 0.6) is 0 Å². The lowest BCUT2D eigenvalue weighted by atomic mass is 10.1. The molecule has 0 saturated carbocycles. The Morgan fingerprint density at radius 1 is 1.23 bits per heavy atom. The van der Waals surface area contributed by atoms with Crippen molar-refractivity contribution in [3.8, 4) is 0 Å². The van der Waals surface area contributed by atoms with E-state index in [9.17, 15) is 0 Å². The maximum Gasteiger partial charge on any atom is 0.0169 e. The maximum atomic E-state index is 3.55. The minimum atomic E-state index is 0.257. The Hall–Kier alpha value is -0.300. The van der Waals surface area contributed by atoms with Gasteiger partial charge in [0.05, 0.1) is 0 Å². The maximum absolute atomic E-state index is 3.55. The number of hydrogen-bond donors (Lipinski definition) is 1. The van der Waals surface area contributed by atoms with E-state index in [4.69, 9.17) is 0 Å². The number of hydrogen-bond acceptors (Lipinski definition) is 1. The predicted molar refractivity (Wildman–Crippen MR) is 58.9 cm³/mol. The van der Waals surface area contributed by atoms with Gasteiger partial charge in [0, 0.05) is 12.1 Å². The highest BCUT2D eigenvalue weighted by Crippen LogP contribution is 2.16. The van der Waals surface area contributed by atoms with E-state index in [0.29, 0.717) is 0 Å². The summed E-state index contributed by atoms with van der Waals surface area (Å²) < 4.78 is 0. The summed E-state index contributed by atoms with van der Waals surface area (Å²) in [6.07, 6.45) is 9.22. The highest BCUT2D eigenvalue weighted by Gasteiger charge is 2.10. The topological polar surface area (TPSA) is 12.0 Å². The first-order valence-electron chi connectivity index (χ1n) is 5.51. The van der Waals surface area contributed by atoms with Crippen LogP contribution in [0.15, 0.2) is 11.6 Å². The summed E-state index contributed by atoms with van der Waals surface area (Å²) in [6, 6.07) is 0. The van der Waals surface area contributed by atoms with Gasteiger partial charge in [-0.2, -0.15) is 0 Å². The third-order valence-electron chi connectivity index (χ3n) is 2.48. The molecule has 0 aliphatic heterocycles. The standard InChI is InChI=1S/C12H23N/c1-12(2,3)13-10-11-8-6-4-5-7-9-11/h8,13H,4-7,9-10H2,1-3H3. The van der Waals surface area contributed by atoms with Crippen molar-refractivity contribution in [3.05, 3.63) is 11.6 Å². The molecule has 0 bridgehead atoms. The van der Waals surface area contributed by atoms with Gasteiger partial charge in [-0.15, -0.1) is 0 Å². The SMILES string of the molecule is CC(C)(C)NCC1=CCCCCC1. The quantitative estimate of drug-likeness (QED) is 0.645. The molecule has 0 heterocycles. The second kappa shape index (κ2) is 4.80. The van der Waals surface area contributed by atoms with Gasteiger partial charge >= 0.3 is 0 Å². The lowest BCUT2D eigenvalue weighted by molar-refractivity contribution is 0.441. The highest BCUT2D eigenvalue weighted by molar-refractivity contribution is 5.06. The van der Waals surface area contributed by atoms with E-state index in [1.807, 2.05) is 0 Å². The molecule has 76 valence electrons. The normalized spacial score (nSPS) is 19.5. The molecule has 0 fully saturated rings. The second-order valence-electron chi connectivity index (χ2n) is 5.07. The Morgan fingerprint density at radius 3 is 2.69 bits per heavy atom. The molecule has 1 aliphatic rings. The van der Waals surface area contributed by atoms with Crippen LogP contribution in [-0.2, 0) is 0 Å². The largest absolute Gasteiger partial charge is 0.308 e. The Bertz CT molecular complexity index is 174. The van der Waals surface area contributed by atoms with Crippen LogP contribution in [0.1, 0.15) is 52.9 Å². The zero-order valence-corrected chi connectivity index (χ0v) is 9.32. The summed E-state index contributed by atoms with van der Waals surface area (Å²) in [6.45, 7) is 7.77. The van der Waals surface area contributed by atoms with Gasteiger partial charge in [-0.05, 0) is 46.5 Å². The Balaban J connectivity index is 2.30. The van der Waals surface area contributed by atoms with E-state index in [-0.39, 0.29) is 5.54 Å². The molecule has 0 amide bonds. The van der Waals surface area contributed by atoms with Crippen molar-refractivity contribution in [1.82, 2.24) is 5.32 Å². The van der Waals surface area contributed by atoms with Crippen molar-refractivity contribution < 1.29 is 0 Å². The van der Waals surface area contributed by atoms with E-state index in [1.54, 1.807) is 5.57 Å². The van der Waals surface area contributed by atoms with Crippen molar-refractivity contribution in [3.63, 3.8) is 0 Å². The second-order valence-corrected chi connectivity index (χ2v) is 5.07. The van der Waals surface area contributed by atoms with Gasteiger partial charge in [-0.3, -0.25) is 0 Å². The summed E-state index contributed by atoms with van der Waals surface area (Å²) in [5.41, 5.74) is 1.88. The van der Waals surface area contributed by atoms with Crippen LogP contribution in [0.25, 0.3) is 0 Å². The minimum absolute atomic E-state index is 0.257. The van der Waals surface area contributed by atoms with Crippen LogP contribution in [-0.4, -0.2) is 12.1 Å². The van der Waals surface area contributed by atoms with Crippen molar-refractivity contribution in [2.24, 2.45) is 0 Å². The van der Waals surface area contributed by atoms with E-state index < -0.39 is 0 Å². The van der Waals surface area contributed by atoms with E-state index in [1.165, 1.54) is 32.1 Å². The van der Waals surface area contributed by atoms with Gasteiger partial charge in [0.25, 0.3) is 0 Å². The molecule has 0 spiro atoms. The predicted octanol–water partition coefficient (Wildman–Crippen LogP) is 3.27. The Morgan fingerprint density at radius 2 is 2.00 bits per heavy atom. The van der Waals surface area contributed by atoms with Crippen molar-refractivity contribution in [1.29, 1.82) is 0 Å². The molecule has 1 nitrogen and oxygen atoms in total. The molecule has 1 rings (SSSR count). The van der Waals surface area contributed by atoms with Gasteiger partial charge < -0.3 is 5.32 Å². The average molecular weight is 181 g/mol. The van der Waals surface area contributed by atoms with Crippen LogP contribution in [0.3, 0.4) is 0 Å².